The molecule has 8 heteroatoms. The Morgan fingerprint density at radius 1 is 1.05 bits per heavy atom. The second kappa shape index (κ2) is 5.26. The molecule has 0 saturated carbocycles. The van der Waals surface area contributed by atoms with E-state index in [4.69, 9.17) is 17.3 Å². The molecule has 0 spiro atoms. The SMILES string of the molecule is Nc1cccc(F)c1S(=O)(=O)Nc1c(F)cccc1Cl. The van der Waals surface area contributed by atoms with Crippen LogP contribution in [0.15, 0.2) is 41.3 Å². The highest BCUT2D eigenvalue weighted by Crippen LogP contribution is 2.29. The van der Waals surface area contributed by atoms with Crippen LogP contribution in [0.1, 0.15) is 0 Å². The summed E-state index contributed by atoms with van der Waals surface area (Å²) in [5.74, 6) is -1.92. The average molecular weight is 319 g/mol. The number of benzene rings is 2. The molecule has 20 heavy (non-hydrogen) atoms. The van der Waals surface area contributed by atoms with Gasteiger partial charge in [-0.05, 0) is 24.3 Å². The zero-order chi connectivity index (χ0) is 14.9. The Labute approximate surface area is 119 Å². The van der Waals surface area contributed by atoms with Gasteiger partial charge in [0.1, 0.15) is 22.2 Å². The first kappa shape index (κ1) is 14.5. The Kier molecular flexibility index (Phi) is 3.82. The summed E-state index contributed by atoms with van der Waals surface area (Å²) in [6, 6.07) is 7.06. The fourth-order valence-corrected chi connectivity index (χ4v) is 3.14. The molecule has 2 aromatic rings. The molecule has 0 saturated heterocycles. The van der Waals surface area contributed by atoms with Gasteiger partial charge in [-0.15, -0.1) is 0 Å². The first-order chi connectivity index (χ1) is 9.33. The zero-order valence-corrected chi connectivity index (χ0v) is 11.5. The fraction of sp³-hybridized carbons (Fsp3) is 0. The van der Waals surface area contributed by atoms with Crippen LogP contribution < -0.4 is 10.5 Å². The molecule has 2 rings (SSSR count). The van der Waals surface area contributed by atoms with Crippen molar-refractivity contribution >= 4 is 33.0 Å². The first-order valence-corrected chi connectivity index (χ1v) is 7.20. The lowest BCUT2D eigenvalue weighted by atomic mass is 10.3. The van der Waals surface area contributed by atoms with Crippen LogP contribution in [0.5, 0.6) is 0 Å². The minimum Gasteiger partial charge on any atom is -0.398 e. The van der Waals surface area contributed by atoms with Gasteiger partial charge in [0, 0.05) is 0 Å². The number of hydrogen-bond donors (Lipinski definition) is 2. The lowest BCUT2D eigenvalue weighted by Gasteiger charge is -2.12. The normalized spacial score (nSPS) is 11.3. The van der Waals surface area contributed by atoms with Crippen molar-refractivity contribution in [3.8, 4) is 0 Å². The summed E-state index contributed by atoms with van der Waals surface area (Å²) < 4.78 is 53.3. The van der Waals surface area contributed by atoms with E-state index in [-0.39, 0.29) is 10.7 Å². The van der Waals surface area contributed by atoms with Gasteiger partial charge >= 0.3 is 0 Å². The summed E-state index contributed by atoms with van der Waals surface area (Å²) in [5, 5.41) is -0.150. The van der Waals surface area contributed by atoms with E-state index in [1.165, 1.54) is 24.3 Å². The molecule has 0 radical (unpaired) electrons. The van der Waals surface area contributed by atoms with Gasteiger partial charge < -0.3 is 5.73 Å². The van der Waals surface area contributed by atoms with Gasteiger partial charge in [0.2, 0.25) is 0 Å². The van der Waals surface area contributed by atoms with Crippen molar-refractivity contribution in [3.63, 3.8) is 0 Å². The molecule has 0 fully saturated rings. The van der Waals surface area contributed by atoms with E-state index in [0.717, 1.165) is 12.1 Å². The number of halogens is 3. The van der Waals surface area contributed by atoms with E-state index in [2.05, 4.69) is 0 Å². The minimum atomic E-state index is -4.39. The Bertz CT molecular complexity index is 726. The molecule has 0 aliphatic rings. The third kappa shape index (κ3) is 2.68. The molecule has 0 aromatic heterocycles. The lowest BCUT2D eigenvalue weighted by molar-refractivity contribution is 0.571. The summed E-state index contributed by atoms with van der Waals surface area (Å²) in [4.78, 5) is -0.751. The predicted octanol–water partition coefficient (Wildman–Crippen LogP) is 3.00. The Morgan fingerprint density at radius 3 is 2.25 bits per heavy atom. The predicted molar refractivity (Wildman–Crippen MR) is 73.0 cm³/mol. The molecule has 106 valence electrons. The van der Waals surface area contributed by atoms with E-state index < -0.39 is 32.2 Å². The second-order valence-electron chi connectivity index (χ2n) is 3.86. The Hall–Kier alpha value is -1.86. The van der Waals surface area contributed by atoms with Crippen molar-refractivity contribution < 1.29 is 17.2 Å². The third-order valence-corrected chi connectivity index (χ3v) is 4.22. The van der Waals surface area contributed by atoms with Crippen molar-refractivity contribution in [1.82, 2.24) is 0 Å². The molecule has 0 aliphatic heterocycles. The Morgan fingerprint density at radius 2 is 1.65 bits per heavy atom. The molecule has 2 aromatic carbocycles. The number of nitrogens with one attached hydrogen (secondary N) is 1. The average Bonchev–Trinajstić information content (AvgIpc) is 2.33. The zero-order valence-electron chi connectivity index (χ0n) is 9.90. The maximum atomic E-state index is 13.6. The monoisotopic (exact) mass is 318 g/mol. The molecule has 0 bridgehead atoms. The minimum absolute atomic E-state index is 0.150. The highest BCUT2D eigenvalue weighted by molar-refractivity contribution is 7.93. The van der Waals surface area contributed by atoms with Crippen LogP contribution >= 0.6 is 11.6 Å². The molecule has 0 unspecified atom stereocenters. The molecule has 0 aliphatic carbocycles. The molecule has 0 amide bonds. The van der Waals surface area contributed by atoms with E-state index in [1.54, 1.807) is 0 Å². The van der Waals surface area contributed by atoms with Crippen molar-refractivity contribution in [3.05, 3.63) is 53.1 Å². The summed E-state index contributed by atoms with van der Waals surface area (Å²) in [6.45, 7) is 0. The number of para-hydroxylation sites is 1. The standard InChI is InChI=1S/C12H9ClF2N2O2S/c13-7-3-1-4-8(14)11(7)17-20(18,19)12-9(15)5-2-6-10(12)16/h1-6,17H,16H2. The van der Waals surface area contributed by atoms with Crippen LogP contribution in [0.2, 0.25) is 5.02 Å². The number of rotatable bonds is 3. The van der Waals surface area contributed by atoms with Gasteiger partial charge in [-0.2, -0.15) is 0 Å². The first-order valence-electron chi connectivity index (χ1n) is 5.34. The van der Waals surface area contributed by atoms with Gasteiger partial charge in [-0.1, -0.05) is 23.7 Å². The maximum absolute atomic E-state index is 13.6. The quantitative estimate of drug-likeness (QED) is 0.854. The molecular weight excluding hydrogens is 310 g/mol. The molecule has 0 heterocycles. The van der Waals surface area contributed by atoms with Crippen LogP contribution in [0.25, 0.3) is 0 Å². The smallest absolute Gasteiger partial charge is 0.267 e. The van der Waals surface area contributed by atoms with Gasteiger partial charge in [-0.3, -0.25) is 4.72 Å². The van der Waals surface area contributed by atoms with Gasteiger partial charge in [0.15, 0.2) is 0 Å². The topological polar surface area (TPSA) is 72.2 Å². The summed E-state index contributed by atoms with van der Waals surface area (Å²) in [6.07, 6.45) is 0. The van der Waals surface area contributed by atoms with Crippen LogP contribution in [0, 0.1) is 11.6 Å². The third-order valence-electron chi connectivity index (χ3n) is 2.47. The maximum Gasteiger partial charge on any atom is 0.267 e. The summed E-state index contributed by atoms with van der Waals surface area (Å²) in [7, 11) is -4.39. The Balaban J connectivity index is 2.53. The fourth-order valence-electron chi connectivity index (χ4n) is 1.59. The molecule has 3 N–H and O–H groups in total. The van der Waals surface area contributed by atoms with E-state index in [0.29, 0.717) is 0 Å². The molecule has 4 nitrogen and oxygen atoms in total. The second-order valence-corrected chi connectivity index (χ2v) is 5.89. The van der Waals surface area contributed by atoms with Gasteiger partial charge in [0.05, 0.1) is 10.7 Å². The largest absolute Gasteiger partial charge is 0.398 e. The summed E-state index contributed by atoms with van der Waals surface area (Å²) >= 11 is 5.71. The number of anilines is 2. The van der Waals surface area contributed by atoms with Crippen molar-refractivity contribution in [1.29, 1.82) is 0 Å². The van der Waals surface area contributed by atoms with E-state index in [1.807, 2.05) is 4.72 Å². The highest BCUT2D eigenvalue weighted by Gasteiger charge is 2.24. The molecular formula is C12H9ClF2N2O2S. The number of sulfonamides is 1. The van der Waals surface area contributed by atoms with Gasteiger partial charge in [0.25, 0.3) is 10.0 Å². The molecule has 0 atom stereocenters. The number of nitrogen functional groups attached to an aromatic ring is 1. The van der Waals surface area contributed by atoms with Crippen molar-refractivity contribution in [2.45, 2.75) is 4.90 Å². The summed E-state index contributed by atoms with van der Waals surface area (Å²) in [5.41, 5.74) is 4.70. The van der Waals surface area contributed by atoms with Crippen molar-refractivity contribution in [2.24, 2.45) is 0 Å². The van der Waals surface area contributed by atoms with Crippen LogP contribution in [-0.4, -0.2) is 8.42 Å². The highest BCUT2D eigenvalue weighted by atomic mass is 35.5. The van der Waals surface area contributed by atoms with Gasteiger partial charge in [-0.25, -0.2) is 17.2 Å². The lowest BCUT2D eigenvalue weighted by Crippen LogP contribution is -2.17. The van der Waals surface area contributed by atoms with Crippen molar-refractivity contribution in [2.75, 3.05) is 10.5 Å². The van der Waals surface area contributed by atoms with E-state index in [9.17, 15) is 17.2 Å². The van der Waals surface area contributed by atoms with Crippen LogP contribution in [0.4, 0.5) is 20.2 Å². The van der Waals surface area contributed by atoms with Crippen LogP contribution in [-0.2, 0) is 10.0 Å². The number of nitrogens with two attached hydrogens (primary N) is 1. The van der Waals surface area contributed by atoms with E-state index >= 15 is 0 Å². The van der Waals surface area contributed by atoms with Crippen LogP contribution in [0.3, 0.4) is 0 Å². The number of hydrogen-bond acceptors (Lipinski definition) is 3.